The van der Waals surface area contributed by atoms with Crippen molar-refractivity contribution in [3.05, 3.63) is 0 Å². The van der Waals surface area contributed by atoms with Gasteiger partial charge in [-0.1, -0.05) is 0 Å². The Hall–Kier alpha value is -0.230. The Labute approximate surface area is 64.9 Å². The van der Waals surface area contributed by atoms with E-state index in [1.165, 1.54) is 0 Å². The van der Waals surface area contributed by atoms with Gasteiger partial charge in [0.05, 0.1) is 0 Å². The van der Waals surface area contributed by atoms with Crippen molar-refractivity contribution in [2.24, 2.45) is 11.5 Å². The average molecular weight is 217 g/mol. The summed E-state index contributed by atoms with van der Waals surface area (Å²) in [4.78, 5) is 6.79. The zero-order valence-electron chi connectivity index (χ0n) is 5.20. The minimum Gasteiger partial charge on any atom is -0.368 e. The van der Waals surface area contributed by atoms with Crippen molar-refractivity contribution in [2.75, 3.05) is 0 Å². The second-order valence-corrected chi connectivity index (χ2v) is 3.06. The molecule has 0 unspecified atom stereocenters. The first kappa shape index (κ1) is 9.77. The first-order chi connectivity index (χ1) is 4.19. The fourth-order valence-electron chi connectivity index (χ4n) is 0.140. The number of primary amides is 1. The molecule has 0 aliphatic heterocycles. The molecule has 0 bridgehead atoms. The zero-order valence-corrected chi connectivity index (χ0v) is 6.78. The van der Waals surface area contributed by atoms with E-state index < -0.39 is 16.3 Å². The summed E-state index contributed by atoms with van der Waals surface area (Å²) in [7, 11) is 0. The number of alkyl halides is 3. The van der Waals surface area contributed by atoms with Gasteiger partial charge in [0.25, 0.3) is 0 Å². The number of halogens is 3. The Kier molecular flexibility index (Phi) is 2.37. The molecule has 0 radical (unpaired) electrons. The van der Waals surface area contributed by atoms with Crippen LogP contribution >= 0.6 is 15.9 Å². The summed E-state index contributed by atoms with van der Waals surface area (Å²) in [5.41, 5.74) is 7.11. The van der Waals surface area contributed by atoms with E-state index in [0.29, 0.717) is 0 Å². The van der Waals surface area contributed by atoms with Gasteiger partial charge >= 0.3 is 4.83 Å². The number of carbonyl (C=O) groups is 1. The molecule has 0 rings (SSSR count). The number of rotatable bonds is 2. The van der Waals surface area contributed by atoms with Gasteiger partial charge in [0.2, 0.25) is 5.91 Å². The topological polar surface area (TPSA) is 69.1 Å². The first-order valence-corrected chi connectivity index (χ1v) is 3.14. The SMILES string of the molecule is C[C@](N)(C(N)=O)C(F)(F)Br. The number of hydrogen-bond acceptors (Lipinski definition) is 2. The van der Waals surface area contributed by atoms with Gasteiger partial charge in [-0.15, -0.1) is 0 Å². The quantitative estimate of drug-likeness (QED) is 0.647. The highest BCUT2D eigenvalue weighted by atomic mass is 79.9. The molecule has 0 saturated heterocycles. The summed E-state index contributed by atoms with van der Waals surface area (Å²) in [6.07, 6.45) is 0. The highest BCUT2D eigenvalue weighted by Crippen LogP contribution is 2.32. The normalized spacial score (nSPS) is 18.1. The second kappa shape index (κ2) is 2.43. The third kappa shape index (κ3) is 1.63. The summed E-state index contributed by atoms with van der Waals surface area (Å²) in [6, 6.07) is 0. The summed E-state index contributed by atoms with van der Waals surface area (Å²) in [5.74, 6) is -1.26. The van der Waals surface area contributed by atoms with Crippen LogP contribution in [0.2, 0.25) is 0 Å². The molecule has 0 heterocycles. The van der Waals surface area contributed by atoms with Gasteiger partial charge in [0.15, 0.2) is 5.54 Å². The molecule has 0 aliphatic rings. The Morgan fingerprint density at radius 1 is 1.60 bits per heavy atom. The molecule has 10 heavy (non-hydrogen) atoms. The van der Waals surface area contributed by atoms with Gasteiger partial charge in [0.1, 0.15) is 0 Å². The van der Waals surface area contributed by atoms with Crippen molar-refractivity contribution in [3.63, 3.8) is 0 Å². The zero-order chi connectivity index (χ0) is 8.58. The number of nitrogens with two attached hydrogens (primary N) is 2. The van der Waals surface area contributed by atoms with Crippen LogP contribution in [-0.4, -0.2) is 16.3 Å². The Morgan fingerprint density at radius 3 is 1.90 bits per heavy atom. The van der Waals surface area contributed by atoms with Crippen LogP contribution in [0.5, 0.6) is 0 Å². The van der Waals surface area contributed by atoms with E-state index in [1.54, 1.807) is 0 Å². The number of amides is 1. The van der Waals surface area contributed by atoms with Crippen molar-refractivity contribution in [1.29, 1.82) is 0 Å². The third-order valence-corrected chi connectivity index (χ3v) is 1.92. The van der Waals surface area contributed by atoms with Crippen molar-refractivity contribution < 1.29 is 13.6 Å². The van der Waals surface area contributed by atoms with Crippen molar-refractivity contribution in [1.82, 2.24) is 0 Å². The van der Waals surface area contributed by atoms with Crippen LogP contribution in [0.15, 0.2) is 0 Å². The van der Waals surface area contributed by atoms with Crippen LogP contribution in [0.1, 0.15) is 6.92 Å². The van der Waals surface area contributed by atoms with Crippen molar-refractivity contribution in [2.45, 2.75) is 17.3 Å². The fraction of sp³-hybridized carbons (Fsp3) is 0.750. The van der Waals surface area contributed by atoms with Gasteiger partial charge in [-0.05, 0) is 22.9 Å². The maximum atomic E-state index is 12.2. The molecule has 1 amide bonds. The maximum absolute atomic E-state index is 12.2. The molecule has 0 aromatic carbocycles. The van der Waals surface area contributed by atoms with Gasteiger partial charge in [0, 0.05) is 0 Å². The summed E-state index contributed by atoms with van der Waals surface area (Å²) >= 11 is 1.94. The predicted octanol–water partition coefficient (Wildman–Crippen LogP) is 0.177. The maximum Gasteiger partial charge on any atom is 0.327 e. The van der Waals surface area contributed by atoms with Gasteiger partial charge in [-0.2, -0.15) is 8.78 Å². The lowest BCUT2D eigenvalue weighted by Crippen LogP contribution is -2.59. The highest BCUT2D eigenvalue weighted by molar-refractivity contribution is 9.10. The molecule has 1 atom stereocenters. The van der Waals surface area contributed by atoms with E-state index in [2.05, 4.69) is 5.73 Å². The molecule has 6 heteroatoms. The lowest BCUT2D eigenvalue weighted by molar-refractivity contribution is -0.129. The first-order valence-electron chi connectivity index (χ1n) is 2.35. The minimum atomic E-state index is -3.47. The molecule has 0 aromatic heterocycles. The minimum absolute atomic E-state index is 0.851. The molecular weight excluding hydrogens is 210 g/mol. The molecule has 0 spiro atoms. The van der Waals surface area contributed by atoms with Gasteiger partial charge in [-0.25, -0.2) is 0 Å². The van der Waals surface area contributed by atoms with Crippen LogP contribution < -0.4 is 11.5 Å². The number of hydrogen-bond donors (Lipinski definition) is 2. The largest absolute Gasteiger partial charge is 0.368 e. The third-order valence-electron chi connectivity index (χ3n) is 1.10. The van der Waals surface area contributed by atoms with Crippen LogP contribution in [-0.2, 0) is 4.79 Å². The molecule has 0 aliphatic carbocycles. The molecule has 0 aromatic rings. The molecule has 4 N–H and O–H groups in total. The van der Waals surface area contributed by atoms with Crippen molar-refractivity contribution >= 4 is 21.8 Å². The monoisotopic (exact) mass is 216 g/mol. The summed E-state index contributed by atoms with van der Waals surface area (Å²) in [6.45, 7) is 0.851. The molecular formula is C4H7BrF2N2O. The van der Waals surface area contributed by atoms with E-state index in [9.17, 15) is 13.6 Å². The Morgan fingerprint density at radius 2 is 1.90 bits per heavy atom. The van der Waals surface area contributed by atoms with E-state index in [1.807, 2.05) is 15.9 Å². The van der Waals surface area contributed by atoms with Crippen molar-refractivity contribution in [3.8, 4) is 0 Å². The fourth-order valence-corrected chi connectivity index (χ4v) is 0.335. The van der Waals surface area contributed by atoms with Crippen LogP contribution in [0.25, 0.3) is 0 Å². The molecule has 0 saturated carbocycles. The highest BCUT2D eigenvalue weighted by Gasteiger charge is 2.49. The smallest absolute Gasteiger partial charge is 0.327 e. The van der Waals surface area contributed by atoms with Crippen LogP contribution in [0, 0.1) is 0 Å². The van der Waals surface area contributed by atoms with E-state index in [4.69, 9.17) is 5.73 Å². The van der Waals surface area contributed by atoms with E-state index >= 15 is 0 Å². The number of carbonyl (C=O) groups excluding carboxylic acids is 1. The molecule has 0 fully saturated rings. The second-order valence-electron chi connectivity index (χ2n) is 2.06. The summed E-state index contributed by atoms with van der Waals surface area (Å²) in [5, 5.41) is 0. The van der Waals surface area contributed by atoms with Crippen LogP contribution in [0.4, 0.5) is 8.78 Å². The van der Waals surface area contributed by atoms with Crippen LogP contribution in [0.3, 0.4) is 0 Å². The van der Waals surface area contributed by atoms with E-state index in [0.717, 1.165) is 6.92 Å². The average Bonchev–Trinajstić information content (AvgIpc) is 1.62. The van der Waals surface area contributed by atoms with Gasteiger partial charge < -0.3 is 11.5 Å². The standard InChI is InChI=1S/C4H7BrF2N2O/c1-3(9,2(8)10)4(5,6)7/h9H2,1H3,(H2,8,10)/t3-/m0/s1. The lowest BCUT2D eigenvalue weighted by atomic mass is 10.1. The Balaban J connectivity index is 4.57. The molecule has 60 valence electrons. The lowest BCUT2D eigenvalue weighted by Gasteiger charge is -2.25. The summed E-state index contributed by atoms with van der Waals surface area (Å²) < 4.78 is 24.5. The Bertz CT molecular complexity index is 154. The predicted molar refractivity (Wildman–Crippen MR) is 35.7 cm³/mol. The van der Waals surface area contributed by atoms with E-state index in [-0.39, 0.29) is 0 Å². The van der Waals surface area contributed by atoms with Gasteiger partial charge in [-0.3, -0.25) is 4.79 Å². The molecule has 3 nitrogen and oxygen atoms in total.